The first-order valence-corrected chi connectivity index (χ1v) is 9.04. The molecule has 1 aliphatic heterocycles. The van der Waals surface area contributed by atoms with Gasteiger partial charge in [-0.25, -0.2) is 0 Å². The van der Waals surface area contributed by atoms with E-state index in [-0.39, 0.29) is 11.8 Å². The monoisotopic (exact) mass is 343 g/mol. The molecule has 3 N–H and O–H groups in total. The highest BCUT2D eigenvalue weighted by Crippen LogP contribution is 2.15. The second kappa shape index (κ2) is 8.08. The van der Waals surface area contributed by atoms with Crippen LogP contribution in [-0.4, -0.2) is 31.4 Å². The van der Waals surface area contributed by atoms with Crippen molar-refractivity contribution in [3.05, 3.63) is 52.2 Å². The van der Waals surface area contributed by atoms with E-state index in [0.717, 1.165) is 25.9 Å². The van der Waals surface area contributed by atoms with Crippen molar-refractivity contribution in [2.45, 2.75) is 12.8 Å². The summed E-state index contributed by atoms with van der Waals surface area (Å²) in [7, 11) is 0. The van der Waals surface area contributed by atoms with Crippen LogP contribution in [0.5, 0.6) is 0 Å². The van der Waals surface area contributed by atoms with E-state index in [1.54, 1.807) is 30.3 Å². The maximum Gasteiger partial charge on any atom is 0.265 e. The van der Waals surface area contributed by atoms with E-state index in [9.17, 15) is 9.59 Å². The largest absolute Gasteiger partial charge is 0.352 e. The van der Waals surface area contributed by atoms with Crippen molar-refractivity contribution < 1.29 is 9.59 Å². The molecule has 1 saturated heterocycles. The van der Waals surface area contributed by atoms with E-state index < -0.39 is 0 Å². The van der Waals surface area contributed by atoms with Gasteiger partial charge in [-0.1, -0.05) is 12.1 Å². The minimum atomic E-state index is -0.157. The lowest BCUT2D eigenvalue weighted by atomic mass is 9.99. The molecule has 1 aliphatic rings. The third-order valence-electron chi connectivity index (χ3n) is 4.08. The average molecular weight is 343 g/mol. The van der Waals surface area contributed by atoms with Crippen molar-refractivity contribution in [1.29, 1.82) is 0 Å². The molecule has 0 bridgehead atoms. The summed E-state index contributed by atoms with van der Waals surface area (Å²) >= 11 is 1.39. The van der Waals surface area contributed by atoms with Crippen LogP contribution in [0, 0.1) is 5.92 Å². The summed E-state index contributed by atoms with van der Waals surface area (Å²) in [5.74, 6) is 0.230. The standard InChI is InChI=1S/C18H21N3O2S/c22-17(20-12-13-4-2-8-19-11-13)14-5-1-6-15(10-14)21-18(23)16-7-3-9-24-16/h1,3,5-7,9-10,13,19H,2,4,8,11-12H2,(H,20,22)(H,21,23). The van der Waals surface area contributed by atoms with Crippen molar-refractivity contribution in [1.82, 2.24) is 10.6 Å². The van der Waals surface area contributed by atoms with Crippen molar-refractivity contribution in [2.75, 3.05) is 25.0 Å². The van der Waals surface area contributed by atoms with Gasteiger partial charge in [0.25, 0.3) is 11.8 Å². The Balaban J connectivity index is 1.57. The van der Waals surface area contributed by atoms with Crippen molar-refractivity contribution in [2.24, 2.45) is 5.92 Å². The molecule has 0 aliphatic carbocycles. The molecule has 1 aromatic heterocycles. The lowest BCUT2D eigenvalue weighted by molar-refractivity contribution is 0.0943. The van der Waals surface area contributed by atoms with Gasteiger partial charge in [-0.15, -0.1) is 11.3 Å². The van der Waals surface area contributed by atoms with Gasteiger partial charge in [-0.05, 0) is 61.5 Å². The Bertz CT molecular complexity index is 694. The summed E-state index contributed by atoms with van der Waals surface area (Å²) in [5.41, 5.74) is 1.18. The molecule has 126 valence electrons. The van der Waals surface area contributed by atoms with Crippen LogP contribution in [0.15, 0.2) is 41.8 Å². The first kappa shape index (κ1) is 16.7. The number of carbonyl (C=O) groups is 2. The Morgan fingerprint density at radius 3 is 2.88 bits per heavy atom. The zero-order valence-electron chi connectivity index (χ0n) is 13.4. The number of carbonyl (C=O) groups excluding carboxylic acids is 2. The quantitative estimate of drug-likeness (QED) is 0.782. The Kier molecular flexibility index (Phi) is 5.61. The second-order valence-corrected chi connectivity index (χ2v) is 6.88. The van der Waals surface area contributed by atoms with Gasteiger partial charge in [0.15, 0.2) is 0 Å². The summed E-state index contributed by atoms with van der Waals surface area (Å²) in [6.45, 7) is 2.70. The fourth-order valence-electron chi connectivity index (χ4n) is 2.78. The van der Waals surface area contributed by atoms with Crippen molar-refractivity contribution >= 4 is 28.8 Å². The highest BCUT2D eigenvalue weighted by atomic mass is 32.1. The molecule has 1 fully saturated rings. The number of hydrogen-bond acceptors (Lipinski definition) is 4. The van der Waals surface area contributed by atoms with Crippen molar-refractivity contribution in [3.63, 3.8) is 0 Å². The van der Waals surface area contributed by atoms with E-state index in [4.69, 9.17) is 0 Å². The predicted molar refractivity (Wildman–Crippen MR) is 96.6 cm³/mol. The third kappa shape index (κ3) is 4.43. The van der Waals surface area contributed by atoms with Gasteiger partial charge in [0, 0.05) is 17.8 Å². The van der Waals surface area contributed by atoms with Gasteiger partial charge in [0.1, 0.15) is 0 Å². The zero-order chi connectivity index (χ0) is 16.8. The lowest BCUT2D eigenvalue weighted by Gasteiger charge is -2.22. The molecule has 6 heteroatoms. The molecule has 0 radical (unpaired) electrons. The maximum atomic E-state index is 12.3. The van der Waals surface area contributed by atoms with Gasteiger partial charge in [0.05, 0.1) is 4.88 Å². The minimum Gasteiger partial charge on any atom is -0.352 e. The predicted octanol–water partition coefficient (Wildman–Crippen LogP) is 2.73. The maximum absolute atomic E-state index is 12.3. The number of benzene rings is 1. The van der Waals surface area contributed by atoms with Gasteiger partial charge < -0.3 is 16.0 Å². The molecule has 2 heterocycles. The molecule has 1 aromatic carbocycles. The number of hydrogen-bond donors (Lipinski definition) is 3. The molecule has 2 amide bonds. The van der Waals surface area contributed by atoms with Crippen LogP contribution in [-0.2, 0) is 0 Å². The molecule has 5 nitrogen and oxygen atoms in total. The normalized spacial score (nSPS) is 17.2. The summed E-state index contributed by atoms with van der Waals surface area (Å²) in [4.78, 5) is 25.0. The molecule has 1 atom stereocenters. The van der Waals surface area contributed by atoms with E-state index in [2.05, 4.69) is 16.0 Å². The average Bonchev–Trinajstić information content (AvgIpc) is 3.15. The molecule has 2 aromatic rings. The van der Waals surface area contributed by atoms with Gasteiger partial charge in [-0.3, -0.25) is 9.59 Å². The second-order valence-electron chi connectivity index (χ2n) is 5.93. The fraction of sp³-hybridized carbons (Fsp3) is 0.333. The van der Waals surface area contributed by atoms with Gasteiger partial charge in [-0.2, -0.15) is 0 Å². The zero-order valence-corrected chi connectivity index (χ0v) is 14.2. The topological polar surface area (TPSA) is 70.2 Å². The number of rotatable bonds is 5. The first-order chi connectivity index (χ1) is 11.7. The minimum absolute atomic E-state index is 0.104. The smallest absolute Gasteiger partial charge is 0.265 e. The SMILES string of the molecule is O=C(NCC1CCCNC1)c1cccc(NC(=O)c2cccs2)c1. The van der Waals surface area contributed by atoms with Gasteiger partial charge in [0.2, 0.25) is 0 Å². The summed E-state index contributed by atoms with van der Waals surface area (Å²) < 4.78 is 0. The van der Waals surface area contributed by atoms with Crippen LogP contribution in [0.2, 0.25) is 0 Å². The molecule has 0 saturated carbocycles. The van der Waals surface area contributed by atoms with E-state index in [1.807, 2.05) is 11.4 Å². The number of anilines is 1. The third-order valence-corrected chi connectivity index (χ3v) is 4.95. The lowest BCUT2D eigenvalue weighted by Crippen LogP contribution is -2.38. The number of piperidine rings is 1. The van der Waals surface area contributed by atoms with Crippen LogP contribution in [0.25, 0.3) is 0 Å². The summed E-state index contributed by atoms with van der Waals surface area (Å²) in [6, 6.07) is 10.6. The highest BCUT2D eigenvalue weighted by molar-refractivity contribution is 7.12. The molecule has 0 spiro atoms. The van der Waals surface area contributed by atoms with Gasteiger partial charge >= 0.3 is 0 Å². The summed E-state index contributed by atoms with van der Waals surface area (Å²) in [6.07, 6.45) is 2.30. The van der Waals surface area contributed by atoms with Crippen LogP contribution < -0.4 is 16.0 Å². The first-order valence-electron chi connectivity index (χ1n) is 8.16. The van der Waals surface area contributed by atoms with E-state index in [1.165, 1.54) is 11.3 Å². The molecule has 3 rings (SSSR count). The molecule has 1 unspecified atom stereocenters. The number of nitrogens with one attached hydrogen (secondary N) is 3. The molecular formula is C18H21N3O2S. The number of thiophene rings is 1. The van der Waals surface area contributed by atoms with E-state index >= 15 is 0 Å². The Morgan fingerprint density at radius 1 is 1.21 bits per heavy atom. The highest BCUT2D eigenvalue weighted by Gasteiger charge is 2.15. The fourth-order valence-corrected chi connectivity index (χ4v) is 3.39. The molecule has 24 heavy (non-hydrogen) atoms. The number of amides is 2. The van der Waals surface area contributed by atoms with Crippen LogP contribution in [0.4, 0.5) is 5.69 Å². The Labute approximate surface area is 145 Å². The van der Waals surface area contributed by atoms with Crippen LogP contribution in [0.1, 0.15) is 32.9 Å². The van der Waals surface area contributed by atoms with E-state index in [0.29, 0.717) is 28.6 Å². The van der Waals surface area contributed by atoms with Crippen LogP contribution in [0.3, 0.4) is 0 Å². The Hall–Kier alpha value is -2.18. The van der Waals surface area contributed by atoms with Crippen molar-refractivity contribution in [3.8, 4) is 0 Å². The molecular weight excluding hydrogens is 322 g/mol. The van der Waals surface area contributed by atoms with Crippen LogP contribution >= 0.6 is 11.3 Å². The Morgan fingerprint density at radius 2 is 2.12 bits per heavy atom. The summed E-state index contributed by atoms with van der Waals surface area (Å²) in [5, 5.41) is 11.0.